The van der Waals surface area contributed by atoms with Gasteiger partial charge in [-0.3, -0.25) is 0 Å². The molecule has 0 spiro atoms. The maximum absolute atomic E-state index is 4.30. The molecule has 4 aromatic rings. The van der Waals surface area contributed by atoms with Crippen LogP contribution in [0.2, 0.25) is 0 Å². The lowest BCUT2D eigenvalue weighted by Gasteiger charge is -2.08. The molecule has 0 saturated carbocycles. The quantitative estimate of drug-likeness (QED) is 0.558. The van der Waals surface area contributed by atoms with Crippen molar-refractivity contribution in [2.75, 3.05) is 5.32 Å². The molecule has 0 atom stereocenters. The normalized spacial score (nSPS) is 11.0. The number of nitrogens with zero attached hydrogens (tertiary/aromatic N) is 1. The first kappa shape index (κ1) is 11.1. The number of anilines is 2. The van der Waals surface area contributed by atoms with Crippen LogP contribution in [0.1, 0.15) is 0 Å². The molecule has 0 aliphatic carbocycles. The molecule has 0 aliphatic rings. The van der Waals surface area contributed by atoms with Gasteiger partial charge in [0.1, 0.15) is 5.65 Å². The van der Waals surface area contributed by atoms with E-state index in [1.54, 1.807) is 0 Å². The van der Waals surface area contributed by atoms with Crippen LogP contribution in [-0.4, -0.2) is 9.97 Å². The molecular weight excluding hydrogens is 246 g/mol. The van der Waals surface area contributed by atoms with Crippen molar-refractivity contribution in [3.63, 3.8) is 0 Å². The molecule has 20 heavy (non-hydrogen) atoms. The third-order valence-electron chi connectivity index (χ3n) is 3.49. The SMILES string of the molecule is c1ccc2cc(Nc3ccnc4[nH]ccc34)ccc2c1. The van der Waals surface area contributed by atoms with Crippen LogP contribution >= 0.6 is 0 Å². The summed E-state index contributed by atoms with van der Waals surface area (Å²) in [5.41, 5.74) is 3.04. The summed E-state index contributed by atoms with van der Waals surface area (Å²) in [6.07, 6.45) is 3.71. The first-order valence-corrected chi connectivity index (χ1v) is 6.58. The van der Waals surface area contributed by atoms with Gasteiger partial charge >= 0.3 is 0 Å². The molecule has 0 amide bonds. The molecule has 3 nitrogen and oxygen atoms in total. The lowest BCUT2D eigenvalue weighted by Crippen LogP contribution is -1.91. The van der Waals surface area contributed by atoms with Gasteiger partial charge in [-0.05, 0) is 35.0 Å². The van der Waals surface area contributed by atoms with Gasteiger partial charge in [0, 0.05) is 23.5 Å². The highest BCUT2D eigenvalue weighted by atomic mass is 14.9. The number of aromatic amines is 1. The minimum absolute atomic E-state index is 0.899. The van der Waals surface area contributed by atoms with Crippen LogP contribution in [0.4, 0.5) is 11.4 Å². The van der Waals surface area contributed by atoms with E-state index in [1.165, 1.54) is 10.8 Å². The van der Waals surface area contributed by atoms with Crippen LogP contribution in [-0.2, 0) is 0 Å². The topological polar surface area (TPSA) is 40.7 Å². The van der Waals surface area contributed by atoms with Crippen molar-refractivity contribution >= 4 is 33.2 Å². The van der Waals surface area contributed by atoms with E-state index in [0.29, 0.717) is 0 Å². The average molecular weight is 259 g/mol. The Kier molecular flexibility index (Phi) is 2.42. The fourth-order valence-corrected chi connectivity index (χ4v) is 2.49. The zero-order valence-corrected chi connectivity index (χ0v) is 10.8. The van der Waals surface area contributed by atoms with E-state index in [1.807, 2.05) is 24.5 Å². The highest BCUT2D eigenvalue weighted by Crippen LogP contribution is 2.26. The Bertz CT molecular complexity index is 893. The lowest BCUT2D eigenvalue weighted by atomic mass is 10.1. The van der Waals surface area contributed by atoms with Gasteiger partial charge in [0.05, 0.1) is 5.69 Å². The summed E-state index contributed by atoms with van der Waals surface area (Å²) in [6.45, 7) is 0. The molecule has 4 rings (SSSR count). The fourth-order valence-electron chi connectivity index (χ4n) is 2.49. The van der Waals surface area contributed by atoms with E-state index < -0.39 is 0 Å². The molecule has 2 aromatic heterocycles. The highest BCUT2D eigenvalue weighted by molar-refractivity contribution is 5.93. The molecule has 2 aromatic carbocycles. The summed E-state index contributed by atoms with van der Waals surface area (Å²) in [5, 5.41) is 7.05. The second-order valence-electron chi connectivity index (χ2n) is 4.79. The number of hydrogen-bond donors (Lipinski definition) is 2. The summed E-state index contributed by atoms with van der Waals surface area (Å²) >= 11 is 0. The van der Waals surface area contributed by atoms with E-state index >= 15 is 0 Å². The maximum Gasteiger partial charge on any atom is 0.139 e. The van der Waals surface area contributed by atoms with Gasteiger partial charge in [-0.2, -0.15) is 0 Å². The zero-order chi connectivity index (χ0) is 13.4. The molecule has 0 unspecified atom stereocenters. The van der Waals surface area contributed by atoms with E-state index in [-0.39, 0.29) is 0 Å². The predicted octanol–water partition coefficient (Wildman–Crippen LogP) is 4.46. The van der Waals surface area contributed by atoms with Crippen molar-refractivity contribution in [2.24, 2.45) is 0 Å². The van der Waals surface area contributed by atoms with Crippen molar-refractivity contribution < 1.29 is 0 Å². The third kappa shape index (κ3) is 1.80. The first-order chi connectivity index (χ1) is 9.90. The van der Waals surface area contributed by atoms with E-state index in [2.05, 4.69) is 57.7 Å². The van der Waals surface area contributed by atoms with Gasteiger partial charge in [0.25, 0.3) is 0 Å². The number of rotatable bonds is 2. The van der Waals surface area contributed by atoms with Crippen molar-refractivity contribution in [1.29, 1.82) is 0 Å². The number of benzene rings is 2. The summed E-state index contributed by atoms with van der Waals surface area (Å²) in [4.78, 5) is 7.42. The number of aromatic nitrogens is 2. The predicted molar refractivity (Wildman–Crippen MR) is 83.3 cm³/mol. The summed E-state index contributed by atoms with van der Waals surface area (Å²) < 4.78 is 0. The maximum atomic E-state index is 4.30. The largest absolute Gasteiger partial charge is 0.355 e. The number of hydrogen-bond acceptors (Lipinski definition) is 2. The second kappa shape index (κ2) is 4.38. The van der Waals surface area contributed by atoms with Crippen LogP contribution in [0, 0.1) is 0 Å². The van der Waals surface area contributed by atoms with Crippen molar-refractivity contribution in [3.05, 3.63) is 67.0 Å². The lowest BCUT2D eigenvalue weighted by molar-refractivity contribution is 1.32. The van der Waals surface area contributed by atoms with Crippen LogP contribution < -0.4 is 5.32 Å². The molecular formula is C17H13N3. The van der Waals surface area contributed by atoms with Gasteiger partial charge in [0.15, 0.2) is 0 Å². The summed E-state index contributed by atoms with van der Waals surface area (Å²) in [5.74, 6) is 0. The van der Waals surface area contributed by atoms with E-state index in [4.69, 9.17) is 0 Å². The Balaban J connectivity index is 1.78. The monoisotopic (exact) mass is 259 g/mol. The molecule has 96 valence electrons. The average Bonchev–Trinajstić information content (AvgIpc) is 2.97. The minimum atomic E-state index is 0.899. The highest BCUT2D eigenvalue weighted by Gasteiger charge is 2.03. The number of pyridine rings is 1. The smallest absolute Gasteiger partial charge is 0.139 e. The van der Waals surface area contributed by atoms with Gasteiger partial charge < -0.3 is 10.3 Å². The number of H-pyrrole nitrogens is 1. The van der Waals surface area contributed by atoms with Gasteiger partial charge in [-0.15, -0.1) is 0 Å². The van der Waals surface area contributed by atoms with Crippen LogP contribution in [0.25, 0.3) is 21.8 Å². The Hall–Kier alpha value is -2.81. The Labute approximate surface area is 116 Å². The van der Waals surface area contributed by atoms with Crippen molar-refractivity contribution in [2.45, 2.75) is 0 Å². The molecule has 0 fully saturated rings. The van der Waals surface area contributed by atoms with Gasteiger partial charge in [-0.1, -0.05) is 30.3 Å². The molecule has 0 bridgehead atoms. The number of fused-ring (bicyclic) bond motifs is 2. The molecule has 3 heteroatoms. The molecule has 0 radical (unpaired) electrons. The fraction of sp³-hybridized carbons (Fsp3) is 0. The molecule has 2 N–H and O–H groups in total. The Morgan fingerprint density at radius 1 is 0.900 bits per heavy atom. The molecule has 0 saturated heterocycles. The molecule has 0 aliphatic heterocycles. The standard InChI is InChI=1S/C17H13N3/c1-2-4-13-11-14(6-5-12(13)3-1)20-16-8-10-19-17-15(16)7-9-18-17/h1-11H,(H2,18,19,20). The van der Waals surface area contributed by atoms with Crippen LogP contribution in [0.5, 0.6) is 0 Å². The Morgan fingerprint density at radius 2 is 1.80 bits per heavy atom. The summed E-state index contributed by atoms with van der Waals surface area (Å²) in [6, 6.07) is 18.8. The third-order valence-corrected chi connectivity index (χ3v) is 3.49. The van der Waals surface area contributed by atoms with Gasteiger partial charge in [0.2, 0.25) is 0 Å². The first-order valence-electron chi connectivity index (χ1n) is 6.58. The van der Waals surface area contributed by atoms with E-state index in [0.717, 1.165) is 22.4 Å². The second-order valence-corrected chi connectivity index (χ2v) is 4.79. The summed E-state index contributed by atoms with van der Waals surface area (Å²) in [7, 11) is 0. The van der Waals surface area contributed by atoms with Crippen molar-refractivity contribution in [3.8, 4) is 0 Å². The zero-order valence-electron chi connectivity index (χ0n) is 10.8. The van der Waals surface area contributed by atoms with Gasteiger partial charge in [-0.25, -0.2) is 4.98 Å². The minimum Gasteiger partial charge on any atom is -0.355 e. The van der Waals surface area contributed by atoms with E-state index in [9.17, 15) is 0 Å². The molecule has 2 heterocycles. The Morgan fingerprint density at radius 3 is 2.75 bits per heavy atom. The van der Waals surface area contributed by atoms with Crippen LogP contribution in [0.15, 0.2) is 67.0 Å². The van der Waals surface area contributed by atoms with Crippen LogP contribution in [0.3, 0.4) is 0 Å². The van der Waals surface area contributed by atoms with Crippen molar-refractivity contribution in [1.82, 2.24) is 9.97 Å². The number of nitrogens with one attached hydrogen (secondary N) is 2.